The van der Waals surface area contributed by atoms with E-state index in [9.17, 15) is 4.79 Å². The molecule has 2 aromatic rings. The molecule has 0 saturated carbocycles. The molecule has 134 valence electrons. The van der Waals surface area contributed by atoms with E-state index >= 15 is 0 Å². The molecule has 1 aliphatic heterocycles. The fourth-order valence-electron chi connectivity index (χ4n) is 3.60. The number of nitrogens with zero attached hydrogens (tertiary/aromatic N) is 4. The first kappa shape index (κ1) is 17.6. The molecule has 6 nitrogen and oxygen atoms in total. The third-order valence-electron chi connectivity index (χ3n) is 5.00. The summed E-state index contributed by atoms with van der Waals surface area (Å²) in [4.78, 5) is 19.2. The summed E-state index contributed by atoms with van der Waals surface area (Å²) >= 11 is 0. The Morgan fingerprint density at radius 3 is 2.72 bits per heavy atom. The van der Waals surface area contributed by atoms with E-state index in [1.165, 1.54) is 5.56 Å². The molecule has 0 spiro atoms. The number of aryl methyl sites for hydroxylation is 1. The van der Waals surface area contributed by atoms with E-state index in [4.69, 9.17) is 5.73 Å². The van der Waals surface area contributed by atoms with Crippen LogP contribution in [0.5, 0.6) is 0 Å². The van der Waals surface area contributed by atoms with Gasteiger partial charge < -0.3 is 10.6 Å². The number of benzene rings is 1. The van der Waals surface area contributed by atoms with Crippen molar-refractivity contribution in [3.8, 4) is 5.69 Å². The monoisotopic (exact) mass is 341 g/mol. The number of nitrogens with two attached hydrogens (primary N) is 1. The molecule has 3 rings (SSSR count). The molecule has 2 N–H and O–H groups in total. The number of carbonyl (C=O) groups excluding carboxylic acids is 1. The smallest absolute Gasteiger partial charge is 0.293 e. The van der Waals surface area contributed by atoms with Crippen LogP contribution in [0.15, 0.2) is 24.3 Å². The number of likely N-dealkylation sites (tertiary alicyclic amines) is 1. The second-order valence-electron chi connectivity index (χ2n) is 7.25. The predicted octanol–water partition coefficient (Wildman–Crippen LogP) is 2.51. The summed E-state index contributed by atoms with van der Waals surface area (Å²) in [5.74, 6) is 1.61. The van der Waals surface area contributed by atoms with Crippen LogP contribution < -0.4 is 5.73 Å². The Balaban J connectivity index is 1.92. The van der Waals surface area contributed by atoms with E-state index in [2.05, 4.69) is 36.9 Å². The maximum atomic E-state index is 12.9. The Labute approximate surface area is 149 Å². The molecule has 25 heavy (non-hydrogen) atoms. The van der Waals surface area contributed by atoms with Crippen LogP contribution >= 0.6 is 0 Å². The van der Waals surface area contributed by atoms with Gasteiger partial charge in [-0.1, -0.05) is 32.0 Å². The first-order valence-electron chi connectivity index (χ1n) is 8.96. The van der Waals surface area contributed by atoms with E-state index in [-0.39, 0.29) is 17.8 Å². The fraction of sp³-hybridized carbons (Fsp3) is 0.526. The molecule has 0 bridgehead atoms. The zero-order valence-electron chi connectivity index (χ0n) is 15.4. The summed E-state index contributed by atoms with van der Waals surface area (Å²) in [5, 5.41) is 4.54. The third-order valence-corrected chi connectivity index (χ3v) is 5.00. The molecular weight excluding hydrogens is 314 g/mol. The SMILES string of the molecule is Cc1nc(C(=O)N2CC(CN)CC2C)nn1-c1ccccc1C(C)C. The average molecular weight is 341 g/mol. The quantitative estimate of drug-likeness (QED) is 0.927. The van der Waals surface area contributed by atoms with Crippen molar-refractivity contribution in [3.63, 3.8) is 0 Å². The van der Waals surface area contributed by atoms with Gasteiger partial charge in [0.25, 0.3) is 5.91 Å². The molecular formula is C19H27N5O. The van der Waals surface area contributed by atoms with Crippen LogP contribution in [-0.2, 0) is 0 Å². The van der Waals surface area contributed by atoms with Crippen LogP contribution in [-0.4, -0.2) is 44.7 Å². The standard InChI is InChI=1S/C19H27N5O/c1-12(2)16-7-5-6-8-17(16)24-14(4)21-18(22-24)19(25)23-11-15(10-20)9-13(23)3/h5-8,12-13,15H,9-11,20H2,1-4H3. The van der Waals surface area contributed by atoms with Gasteiger partial charge in [-0.25, -0.2) is 9.67 Å². The van der Waals surface area contributed by atoms with Gasteiger partial charge in [-0.3, -0.25) is 4.79 Å². The van der Waals surface area contributed by atoms with Crippen molar-refractivity contribution >= 4 is 5.91 Å². The normalized spacial score (nSPS) is 20.5. The molecule has 0 aliphatic carbocycles. The van der Waals surface area contributed by atoms with Gasteiger partial charge >= 0.3 is 0 Å². The lowest BCUT2D eigenvalue weighted by Gasteiger charge is -2.19. The van der Waals surface area contributed by atoms with Crippen molar-refractivity contribution in [2.45, 2.75) is 46.1 Å². The molecule has 2 heterocycles. The third kappa shape index (κ3) is 3.31. The zero-order chi connectivity index (χ0) is 18.1. The second kappa shape index (κ2) is 6.96. The van der Waals surface area contributed by atoms with Gasteiger partial charge in [0, 0.05) is 12.6 Å². The van der Waals surface area contributed by atoms with Crippen LogP contribution in [0.2, 0.25) is 0 Å². The van der Waals surface area contributed by atoms with Crippen LogP contribution in [0.4, 0.5) is 0 Å². The van der Waals surface area contributed by atoms with Crippen molar-refractivity contribution in [2.75, 3.05) is 13.1 Å². The molecule has 1 fully saturated rings. The van der Waals surface area contributed by atoms with Crippen LogP contribution in [0.1, 0.15) is 55.1 Å². The van der Waals surface area contributed by atoms with E-state index in [0.717, 1.165) is 17.9 Å². The highest BCUT2D eigenvalue weighted by atomic mass is 16.2. The number of carbonyl (C=O) groups is 1. The van der Waals surface area contributed by atoms with E-state index in [1.807, 2.05) is 30.0 Å². The Bertz CT molecular complexity index is 767. The Morgan fingerprint density at radius 1 is 1.36 bits per heavy atom. The van der Waals surface area contributed by atoms with Gasteiger partial charge in [0.15, 0.2) is 0 Å². The minimum atomic E-state index is -0.104. The lowest BCUT2D eigenvalue weighted by Crippen LogP contribution is -2.35. The molecule has 1 aliphatic rings. The molecule has 1 saturated heterocycles. The lowest BCUT2D eigenvalue weighted by atomic mass is 10.0. The average Bonchev–Trinajstić information content (AvgIpc) is 3.17. The molecule has 2 atom stereocenters. The van der Waals surface area contributed by atoms with Crippen molar-refractivity contribution in [1.82, 2.24) is 19.7 Å². The summed E-state index contributed by atoms with van der Waals surface area (Å²) < 4.78 is 1.78. The highest BCUT2D eigenvalue weighted by Gasteiger charge is 2.34. The predicted molar refractivity (Wildman–Crippen MR) is 97.8 cm³/mol. The topological polar surface area (TPSA) is 77.0 Å². The number of para-hydroxylation sites is 1. The number of aromatic nitrogens is 3. The molecule has 6 heteroatoms. The van der Waals surface area contributed by atoms with Crippen molar-refractivity contribution < 1.29 is 4.79 Å². The number of amides is 1. The number of rotatable bonds is 4. The summed E-state index contributed by atoms with van der Waals surface area (Å²) in [5.41, 5.74) is 7.94. The summed E-state index contributed by atoms with van der Waals surface area (Å²) in [6.07, 6.45) is 0.943. The van der Waals surface area contributed by atoms with Crippen molar-refractivity contribution in [3.05, 3.63) is 41.5 Å². The van der Waals surface area contributed by atoms with Crippen molar-refractivity contribution in [2.24, 2.45) is 11.7 Å². The largest absolute Gasteiger partial charge is 0.333 e. The lowest BCUT2D eigenvalue weighted by molar-refractivity contribution is 0.0731. The summed E-state index contributed by atoms with van der Waals surface area (Å²) in [7, 11) is 0. The second-order valence-corrected chi connectivity index (χ2v) is 7.25. The van der Waals surface area contributed by atoms with E-state index in [1.54, 1.807) is 4.68 Å². The van der Waals surface area contributed by atoms with Crippen molar-refractivity contribution in [1.29, 1.82) is 0 Å². The minimum Gasteiger partial charge on any atom is -0.333 e. The minimum absolute atomic E-state index is 0.104. The van der Waals surface area contributed by atoms with Gasteiger partial charge in [0.05, 0.1) is 5.69 Å². The first-order chi connectivity index (χ1) is 11.9. The zero-order valence-corrected chi connectivity index (χ0v) is 15.4. The fourth-order valence-corrected chi connectivity index (χ4v) is 3.60. The van der Waals surface area contributed by atoms with E-state index < -0.39 is 0 Å². The Morgan fingerprint density at radius 2 is 2.08 bits per heavy atom. The molecule has 1 aromatic heterocycles. The number of hydrogen-bond acceptors (Lipinski definition) is 4. The molecule has 1 amide bonds. The number of hydrogen-bond donors (Lipinski definition) is 1. The van der Waals surface area contributed by atoms with Crippen LogP contribution in [0.25, 0.3) is 5.69 Å². The summed E-state index contributed by atoms with van der Waals surface area (Å²) in [6, 6.07) is 8.30. The van der Waals surface area contributed by atoms with Gasteiger partial charge in [0.1, 0.15) is 5.82 Å². The molecule has 1 aromatic carbocycles. The molecule has 2 unspecified atom stereocenters. The maximum absolute atomic E-state index is 12.9. The highest BCUT2D eigenvalue weighted by Crippen LogP contribution is 2.25. The Kier molecular flexibility index (Phi) is 4.90. The highest BCUT2D eigenvalue weighted by molar-refractivity contribution is 5.91. The van der Waals surface area contributed by atoms with Crippen LogP contribution in [0, 0.1) is 12.8 Å². The molecule has 0 radical (unpaired) electrons. The maximum Gasteiger partial charge on any atom is 0.293 e. The van der Waals surface area contributed by atoms with Gasteiger partial charge in [-0.05, 0) is 50.3 Å². The van der Waals surface area contributed by atoms with E-state index in [0.29, 0.717) is 24.9 Å². The van der Waals surface area contributed by atoms with Gasteiger partial charge in [-0.2, -0.15) is 0 Å². The van der Waals surface area contributed by atoms with Gasteiger partial charge in [0.2, 0.25) is 5.82 Å². The first-order valence-corrected chi connectivity index (χ1v) is 8.96. The summed E-state index contributed by atoms with van der Waals surface area (Å²) in [6.45, 7) is 9.54. The van der Waals surface area contributed by atoms with Crippen LogP contribution in [0.3, 0.4) is 0 Å². The Hall–Kier alpha value is -2.21. The van der Waals surface area contributed by atoms with Gasteiger partial charge in [-0.15, -0.1) is 5.10 Å².